The molecule has 6 nitrogen and oxygen atoms in total. The second-order valence-corrected chi connectivity index (χ2v) is 7.25. The highest BCUT2D eigenvalue weighted by atomic mass is 35.5. The summed E-state index contributed by atoms with van der Waals surface area (Å²) in [7, 11) is 8.65. The monoisotopic (exact) mass is 420 g/mol. The molecule has 0 radical (unpaired) electrons. The third-order valence-corrected chi connectivity index (χ3v) is 5.09. The average molecular weight is 421 g/mol. The van der Waals surface area contributed by atoms with Crippen molar-refractivity contribution in [2.45, 2.75) is 18.9 Å². The first-order valence-corrected chi connectivity index (χ1v) is 9.75. The fraction of sp³-hybridized carbons (Fsp3) is 0.409. The fourth-order valence-electron chi connectivity index (χ4n) is 3.15. The maximum atomic E-state index is 12.4. The van der Waals surface area contributed by atoms with Crippen LogP contribution in [0.5, 0.6) is 17.2 Å². The van der Waals surface area contributed by atoms with Crippen molar-refractivity contribution in [3.8, 4) is 17.2 Å². The van der Waals surface area contributed by atoms with Crippen LogP contribution in [0.2, 0.25) is 5.02 Å². The summed E-state index contributed by atoms with van der Waals surface area (Å²) in [6, 6.07) is 11.4. The van der Waals surface area contributed by atoms with Gasteiger partial charge in [-0.05, 0) is 49.8 Å². The van der Waals surface area contributed by atoms with Gasteiger partial charge in [-0.2, -0.15) is 0 Å². The van der Waals surface area contributed by atoms with E-state index in [4.69, 9.17) is 25.8 Å². The van der Waals surface area contributed by atoms with Crippen LogP contribution in [0.4, 0.5) is 0 Å². The van der Waals surface area contributed by atoms with Crippen molar-refractivity contribution >= 4 is 17.5 Å². The third kappa shape index (κ3) is 6.02. The first-order chi connectivity index (χ1) is 13.9. The van der Waals surface area contributed by atoms with Crippen molar-refractivity contribution in [1.29, 1.82) is 0 Å². The van der Waals surface area contributed by atoms with Gasteiger partial charge in [0.05, 0.1) is 27.4 Å². The third-order valence-electron chi connectivity index (χ3n) is 4.75. The highest BCUT2D eigenvalue weighted by Crippen LogP contribution is 2.38. The highest BCUT2D eigenvalue weighted by Gasteiger charge is 2.18. The standard InChI is InChI=1S/C22H29ClN2O4/c1-25(2)18(16-8-6-7-9-17(16)23)14-24-21(26)11-10-15-12-19(27-3)22(29-5)20(13-15)28-4/h6-9,12-13,18H,10-11,14H2,1-5H3,(H,24,26). The molecular formula is C22H29ClN2O4. The van der Waals surface area contributed by atoms with Crippen molar-refractivity contribution in [3.63, 3.8) is 0 Å². The Morgan fingerprint density at radius 1 is 1.07 bits per heavy atom. The Morgan fingerprint density at radius 3 is 2.21 bits per heavy atom. The van der Waals surface area contributed by atoms with E-state index in [0.29, 0.717) is 41.7 Å². The molecule has 0 aliphatic heterocycles. The molecule has 0 aliphatic rings. The topological polar surface area (TPSA) is 60.0 Å². The fourth-order valence-corrected chi connectivity index (χ4v) is 3.41. The Bertz CT molecular complexity index is 801. The number of hydrogen-bond acceptors (Lipinski definition) is 5. The smallest absolute Gasteiger partial charge is 0.220 e. The molecule has 29 heavy (non-hydrogen) atoms. The van der Waals surface area contributed by atoms with E-state index in [1.54, 1.807) is 21.3 Å². The number of carbonyl (C=O) groups excluding carboxylic acids is 1. The molecule has 0 fully saturated rings. The van der Waals surface area contributed by atoms with Crippen molar-refractivity contribution in [2.75, 3.05) is 42.0 Å². The summed E-state index contributed by atoms with van der Waals surface area (Å²) >= 11 is 6.33. The normalized spacial score (nSPS) is 11.8. The minimum atomic E-state index is -0.0299. The van der Waals surface area contributed by atoms with Crippen LogP contribution in [-0.2, 0) is 11.2 Å². The Morgan fingerprint density at radius 2 is 1.69 bits per heavy atom. The zero-order valence-corrected chi connectivity index (χ0v) is 18.4. The van der Waals surface area contributed by atoms with Gasteiger partial charge in [0.15, 0.2) is 11.5 Å². The van der Waals surface area contributed by atoms with E-state index >= 15 is 0 Å². The first kappa shape index (κ1) is 22.8. The van der Waals surface area contributed by atoms with Gasteiger partial charge in [-0.25, -0.2) is 0 Å². The minimum absolute atomic E-state index is 0.00572. The number of nitrogens with one attached hydrogen (secondary N) is 1. The number of ether oxygens (including phenoxy) is 3. The zero-order chi connectivity index (χ0) is 21.4. The Hall–Kier alpha value is -2.44. The predicted molar refractivity (Wildman–Crippen MR) is 115 cm³/mol. The molecule has 0 bridgehead atoms. The van der Waals surface area contributed by atoms with E-state index in [1.165, 1.54) is 0 Å². The van der Waals surface area contributed by atoms with Crippen LogP contribution in [0.1, 0.15) is 23.6 Å². The molecule has 2 aromatic carbocycles. The van der Waals surface area contributed by atoms with Crippen LogP contribution in [0.3, 0.4) is 0 Å². The Labute approximate surface area is 177 Å². The van der Waals surface area contributed by atoms with Gasteiger partial charge in [-0.3, -0.25) is 4.79 Å². The quantitative estimate of drug-likeness (QED) is 0.634. The lowest BCUT2D eigenvalue weighted by molar-refractivity contribution is -0.121. The molecule has 2 aromatic rings. The molecule has 2 rings (SSSR count). The average Bonchev–Trinajstić information content (AvgIpc) is 2.72. The number of benzene rings is 2. The van der Waals surface area contributed by atoms with Crippen LogP contribution in [0.15, 0.2) is 36.4 Å². The number of nitrogens with zero attached hydrogens (tertiary/aromatic N) is 1. The summed E-state index contributed by atoms with van der Waals surface area (Å²) in [5.74, 6) is 1.66. The number of carbonyl (C=O) groups is 1. The molecule has 1 amide bonds. The van der Waals surface area contributed by atoms with E-state index in [9.17, 15) is 4.79 Å². The van der Waals surface area contributed by atoms with Crippen LogP contribution in [0.25, 0.3) is 0 Å². The molecule has 0 saturated carbocycles. The van der Waals surface area contributed by atoms with E-state index < -0.39 is 0 Å². The molecule has 0 heterocycles. The second-order valence-electron chi connectivity index (χ2n) is 6.84. The molecule has 1 unspecified atom stereocenters. The van der Waals surface area contributed by atoms with Gasteiger partial charge in [0, 0.05) is 18.0 Å². The summed E-state index contributed by atoms with van der Waals surface area (Å²) in [6.45, 7) is 0.477. The minimum Gasteiger partial charge on any atom is -0.493 e. The molecule has 0 spiro atoms. The largest absolute Gasteiger partial charge is 0.493 e. The Kier molecular flexibility index (Phi) is 8.61. The number of methoxy groups -OCH3 is 3. The van der Waals surface area contributed by atoms with Crippen LogP contribution >= 0.6 is 11.6 Å². The van der Waals surface area contributed by atoms with E-state index in [2.05, 4.69) is 5.32 Å². The van der Waals surface area contributed by atoms with Gasteiger partial charge < -0.3 is 24.4 Å². The highest BCUT2D eigenvalue weighted by molar-refractivity contribution is 6.31. The van der Waals surface area contributed by atoms with Crippen LogP contribution < -0.4 is 19.5 Å². The summed E-state index contributed by atoms with van der Waals surface area (Å²) in [6.07, 6.45) is 0.905. The molecule has 0 aliphatic carbocycles. The van der Waals surface area contributed by atoms with E-state index in [0.717, 1.165) is 11.1 Å². The molecule has 1 atom stereocenters. The van der Waals surface area contributed by atoms with E-state index in [-0.39, 0.29) is 11.9 Å². The van der Waals surface area contributed by atoms with Crippen LogP contribution in [-0.4, -0.2) is 52.8 Å². The van der Waals surface area contributed by atoms with Crippen LogP contribution in [0, 0.1) is 0 Å². The van der Waals surface area contributed by atoms with Gasteiger partial charge in [-0.1, -0.05) is 29.8 Å². The number of aryl methyl sites for hydroxylation is 1. The lowest BCUT2D eigenvalue weighted by Crippen LogP contribution is -2.34. The molecule has 1 N–H and O–H groups in total. The van der Waals surface area contributed by atoms with Gasteiger partial charge in [0.1, 0.15) is 0 Å². The molecular weight excluding hydrogens is 392 g/mol. The van der Waals surface area contributed by atoms with Crippen molar-refractivity contribution in [3.05, 3.63) is 52.5 Å². The number of halogens is 1. The zero-order valence-electron chi connectivity index (χ0n) is 17.6. The van der Waals surface area contributed by atoms with Crippen molar-refractivity contribution < 1.29 is 19.0 Å². The van der Waals surface area contributed by atoms with Crippen molar-refractivity contribution in [1.82, 2.24) is 10.2 Å². The Balaban J connectivity index is 2.00. The second kappa shape index (κ2) is 10.9. The summed E-state index contributed by atoms with van der Waals surface area (Å²) < 4.78 is 16.1. The summed E-state index contributed by atoms with van der Waals surface area (Å²) in [5, 5.41) is 3.71. The lowest BCUT2D eigenvalue weighted by Gasteiger charge is -2.26. The number of likely N-dealkylation sites (N-methyl/N-ethyl adjacent to an activating group) is 1. The van der Waals surface area contributed by atoms with Gasteiger partial charge in [0.25, 0.3) is 0 Å². The maximum Gasteiger partial charge on any atom is 0.220 e. The summed E-state index contributed by atoms with van der Waals surface area (Å²) in [4.78, 5) is 14.5. The molecule has 158 valence electrons. The first-order valence-electron chi connectivity index (χ1n) is 9.37. The van der Waals surface area contributed by atoms with Gasteiger partial charge in [0.2, 0.25) is 11.7 Å². The van der Waals surface area contributed by atoms with Gasteiger partial charge in [-0.15, -0.1) is 0 Å². The number of hydrogen-bond donors (Lipinski definition) is 1. The summed E-state index contributed by atoms with van der Waals surface area (Å²) in [5.41, 5.74) is 1.93. The number of rotatable bonds is 10. The molecule has 7 heteroatoms. The maximum absolute atomic E-state index is 12.4. The predicted octanol–water partition coefficient (Wildman–Crippen LogP) is 3.72. The van der Waals surface area contributed by atoms with Crippen molar-refractivity contribution in [2.24, 2.45) is 0 Å². The SMILES string of the molecule is COc1cc(CCC(=O)NCC(c2ccccc2Cl)N(C)C)cc(OC)c1OC. The number of amides is 1. The molecule has 0 saturated heterocycles. The van der Waals surface area contributed by atoms with Gasteiger partial charge >= 0.3 is 0 Å². The molecule has 0 aromatic heterocycles. The lowest BCUT2D eigenvalue weighted by atomic mass is 10.1. The van der Waals surface area contributed by atoms with E-state index in [1.807, 2.05) is 55.4 Å².